The van der Waals surface area contributed by atoms with E-state index >= 15 is 0 Å². The van der Waals surface area contributed by atoms with Gasteiger partial charge in [-0.25, -0.2) is 0 Å². The lowest BCUT2D eigenvalue weighted by Crippen LogP contribution is -2.49. The van der Waals surface area contributed by atoms with Gasteiger partial charge in [0.2, 0.25) is 11.8 Å². The average Bonchev–Trinajstić information content (AvgIpc) is 2.72. The highest BCUT2D eigenvalue weighted by Gasteiger charge is 2.35. The lowest BCUT2D eigenvalue weighted by atomic mass is 9.78. The number of rotatable bonds is 7. The third kappa shape index (κ3) is 5.55. The van der Waals surface area contributed by atoms with E-state index < -0.39 is 6.10 Å². The molecular weight excluding hydrogens is 340 g/mol. The van der Waals surface area contributed by atoms with Gasteiger partial charge in [-0.1, -0.05) is 43.2 Å². The molecule has 2 fully saturated rings. The van der Waals surface area contributed by atoms with E-state index in [9.17, 15) is 14.7 Å². The Kier molecular flexibility index (Phi) is 7.27. The Labute approximate surface area is 162 Å². The number of aliphatic hydroxyl groups is 1. The van der Waals surface area contributed by atoms with Crippen molar-refractivity contribution in [2.45, 2.75) is 69.9 Å². The van der Waals surface area contributed by atoms with Crippen LogP contribution in [-0.2, 0) is 9.59 Å². The second-order valence-electron chi connectivity index (χ2n) is 7.93. The number of aliphatic hydroxyl groups excluding tert-OH is 1. The summed E-state index contributed by atoms with van der Waals surface area (Å²) in [5, 5.41) is 12.9. The first-order chi connectivity index (χ1) is 13.1. The van der Waals surface area contributed by atoms with E-state index in [4.69, 9.17) is 0 Å². The highest BCUT2D eigenvalue weighted by molar-refractivity contribution is 5.79. The van der Waals surface area contributed by atoms with E-state index in [0.717, 1.165) is 24.9 Å². The lowest BCUT2D eigenvalue weighted by Gasteiger charge is -2.44. The van der Waals surface area contributed by atoms with Gasteiger partial charge in [0, 0.05) is 32.0 Å². The van der Waals surface area contributed by atoms with E-state index in [-0.39, 0.29) is 18.4 Å². The second kappa shape index (κ2) is 9.88. The van der Waals surface area contributed by atoms with Crippen LogP contribution in [0.4, 0.5) is 0 Å². The van der Waals surface area contributed by atoms with Crippen LogP contribution < -0.4 is 5.32 Å². The molecule has 0 spiro atoms. The SMILES string of the molecule is O=C(CCCC(=O)N1CCCC2CCCCC21)NC[C@H](O)c1ccccc1. The van der Waals surface area contributed by atoms with Crippen LogP contribution in [0.3, 0.4) is 0 Å². The molecule has 1 aromatic rings. The molecule has 1 aliphatic carbocycles. The van der Waals surface area contributed by atoms with Gasteiger partial charge < -0.3 is 15.3 Å². The molecule has 2 aliphatic rings. The van der Waals surface area contributed by atoms with Crippen LogP contribution in [0.5, 0.6) is 0 Å². The number of carbonyl (C=O) groups is 2. The second-order valence-corrected chi connectivity index (χ2v) is 7.93. The van der Waals surface area contributed by atoms with Gasteiger partial charge in [0.15, 0.2) is 0 Å². The maximum absolute atomic E-state index is 12.6. The topological polar surface area (TPSA) is 69.6 Å². The molecule has 5 nitrogen and oxygen atoms in total. The fraction of sp³-hybridized carbons (Fsp3) is 0.636. The molecule has 2 unspecified atom stereocenters. The van der Waals surface area contributed by atoms with E-state index in [1.54, 1.807) is 0 Å². The zero-order valence-electron chi connectivity index (χ0n) is 16.1. The molecule has 3 atom stereocenters. The van der Waals surface area contributed by atoms with Crippen LogP contribution in [0.15, 0.2) is 30.3 Å². The number of nitrogens with zero attached hydrogens (tertiary/aromatic N) is 1. The van der Waals surface area contributed by atoms with Crippen LogP contribution in [-0.4, -0.2) is 41.0 Å². The van der Waals surface area contributed by atoms with Gasteiger partial charge >= 0.3 is 0 Å². The maximum atomic E-state index is 12.6. The standard InChI is InChI=1S/C22H32N2O3/c25-20(18-9-2-1-3-10-18)16-23-21(26)13-6-14-22(27)24-15-7-11-17-8-4-5-12-19(17)24/h1-3,9-10,17,19-20,25H,4-8,11-16H2,(H,23,26)/t17?,19?,20-/m0/s1. The van der Waals surface area contributed by atoms with Crippen molar-refractivity contribution in [3.05, 3.63) is 35.9 Å². The summed E-state index contributed by atoms with van der Waals surface area (Å²) in [6, 6.07) is 9.74. The minimum absolute atomic E-state index is 0.105. The van der Waals surface area contributed by atoms with Crippen LogP contribution >= 0.6 is 0 Å². The number of hydrogen-bond acceptors (Lipinski definition) is 3. The minimum Gasteiger partial charge on any atom is -0.387 e. The van der Waals surface area contributed by atoms with Gasteiger partial charge in [-0.05, 0) is 43.6 Å². The molecule has 2 amide bonds. The highest BCUT2D eigenvalue weighted by Crippen LogP contribution is 2.35. The summed E-state index contributed by atoms with van der Waals surface area (Å²) >= 11 is 0. The van der Waals surface area contributed by atoms with Gasteiger partial charge in [0.1, 0.15) is 0 Å². The first-order valence-electron chi connectivity index (χ1n) is 10.4. The minimum atomic E-state index is -0.701. The molecule has 1 aliphatic heterocycles. The van der Waals surface area contributed by atoms with Gasteiger partial charge in [-0.2, -0.15) is 0 Å². The number of amides is 2. The first kappa shape index (κ1) is 19.9. The molecule has 1 saturated heterocycles. The van der Waals surface area contributed by atoms with E-state index in [1.165, 1.54) is 25.7 Å². The molecule has 1 heterocycles. The van der Waals surface area contributed by atoms with Gasteiger partial charge in [0.25, 0.3) is 0 Å². The number of nitrogens with one attached hydrogen (secondary N) is 1. The summed E-state index contributed by atoms with van der Waals surface area (Å²) in [4.78, 5) is 26.8. The van der Waals surface area contributed by atoms with Crippen LogP contribution in [0, 0.1) is 5.92 Å². The lowest BCUT2D eigenvalue weighted by molar-refractivity contribution is -0.137. The van der Waals surface area contributed by atoms with Crippen LogP contribution in [0.2, 0.25) is 0 Å². The van der Waals surface area contributed by atoms with E-state index in [1.807, 2.05) is 30.3 Å². The largest absolute Gasteiger partial charge is 0.387 e. The van der Waals surface area contributed by atoms with Crippen LogP contribution in [0.25, 0.3) is 0 Å². The molecule has 0 radical (unpaired) electrons. The number of likely N-dealkylation sites (tertiary alicyclic amines) is 1. The Bertz CT molecular complexity index is 617. The summed E-state index contributed by atoms with van der Waals surface area (Å²) in [5.74, 6) is 0.801. The molecule has 2 N–H and O–H groups in total. The van der Waals surface area contributed by atoms with Gasteiger partial charge in [-0.15, -0.1) is 0 Å². The third-order valence-corrected chi connectivity index (χ3v) is 6.03. The predicted octanol–water partition coefficient (Wildman–Crippen LogP) is 3.19. The summed E-state index contributed by atoms with van der Waals surface area (Å²) in [5.41, 5.74) is 0.792. The monoisotopic (exact) mass is 372 g/mol. The molecule has 3 rings (SSSR count). The Morgan fingerprint density at radius 3 is 2.63 bits per heavy atom. The average molecular weight is 373 g/mol. The highest BCUT2D eigenvalue weighted by atomic mass is 16.3. The van der Waals surface area contributed by atoms with Crippen molar-refractivity contribution < 1.29 is 14.7 Å². The summed E-state index contributed by atoms with van der Waals surface area (Å²) < 4.78 is 0. The van der Waals surface area contributed by atoms with Crippen molar-refractivity contribution in [2.24, 2.45) is 5.92 Å². The number of benzene rings is 1. The maximum Gasteiger partial charge on any atom is 0.222 e. The summed E-state index contributed by atoms with van der Waals surface area (Å²) in [6.07, 6.45) is 7.97. The van der Waals surface area contributed by atoms with Crippen molar-refractivity contribution in [2.75, 3.05) is 13.1 Å². The third-order valence-electron chi connectivity index (χ3n) is 6.03. The number of carbonyl (C=O) groups excluding carboxylic acids is 2. The zero-order valence-corrected chi connectivity index (χ0v) is 16.1. The first-order valence-corrected chi connectivity index (χ1v) is 10.4. The molecular formula is C22H32N2O3. The Balaban J connectivity index is 1.36. The van der Waals surface area contributed by atoms with Crippen molar-refractivity contribution in [3.63, 3.8) is 0 Å². The Morgan fingerprint density at radius 1 is 1.07 bits per heavy atom. The molecule has 148 valence electrons. The number of hydrogen-bond donors (Lipinski definition) is 2. The molecule has 5 heteroatoms. The Morgan fingerprint density at radius 2 is 1.81 bits per heavy atom. The van der Waals surface area contributed by atoms with Crippen molar-refractivity contribution in [1.82, 2.24) is 10.2 Å². The number of piperidine rings is 1. The predicted molar refractivity (Wildman–Crippen MR) is 105 cm³/mol. The summed E-state index contributed by atoms with van der Waals surface area (Å²) in [7, 11) is 0. The molecule has 0 aromatic heterocycles. The van der Waals surface area contributed by atoms with Gasteiger partial charge in [-0.3, -0.25) is 9.59 Å². The summed E-state index contributed by atoms with van der Waals surface area (Å²) in [6.45, 7) is 1.09. The van der Waals surface area contributed by atoms with Crippen LogP contribution in [0.1, 0.15) is 69.5 Å². The molecule has 1 saturated carbocycles. The normalized spacial score (nSPS) is 23.4. The molecule has 1 aromatic carbocycles. The van der Waals surface area contributed by atoms with E-state index in [0.29, 0.717) is 31.2 Å². The number of fused-ring (bicyclic) bond motifs is 1. The van der Waals surface area contributed by atoms with E-state index in [2.05, 4.69) is 10.2 Å². The van der Waals surface area contributed by atoms with Crippen molar-refractivity contribution in [3.8, 4) is 0 Å². The quantitative estimate of drug-likeness (QED) is 0.772. The van der Waals surface area contributed by atoms with Gasteiger partial charge in [0.05, 0.1) is 6.10 Å². The van der Waals surface area contributed by atoms with Crippen molar-refractivity contribution in [1.29, 1.82) is 0 Å². The van der Waals surface area contributed by atoms with Crippen molar-refractivity contribution >= 4 is 11.8 Å². The molecule has 27 heavy (non-hydrogen) atoms. The Hall–Kier alpha value is -1.88. The fourth-order valence-electron chi connectivity index (χ4n) is 4.57. The smallest absolute Gasteiger partial charge is 0.222 e. The fourth-order valence-corrected chi connectivity index (χ4v) is 4.57. The molecule has 0 bridgehead atoms. The zero-order chi connectivity index (χ0) is 19.1.